The summed E-state index contributed by atoms with van der Waals surface area (Å²) >= 11 is 0. The first-order chi connectivity index (χ1) is 4.20. The lowest BCUT2D eigenvalue weighted by atomic mass is 10.2. The van der Waals surface area contributed by atoms with Gasteiger partial charge in [0.1, 0.15) is 0 Å². The molecule has 0 heterocycles. The first-order valence-corrected chi connectivity index (χ1v) is 2.26. The summed E-state index contributed by atoms with van der Waals surface area (Å²) in [6.07, 6.45) is 0.631. The van der Waals surface area contributed by atoms with Crippen molar-refractivity contribution in [1.29, 1.82) is 10.8 Å². The molecular weight excluding hydrogens is 120 g/mol. The standard InChI is InChI=1S/C5H6N2O2/c6-2-4(7)1-5(9)3-8/h2-3,6-7H,1H2. The topological polar surface area (TPSA) is 81.8 Å². The van der Waals surface area contributed by atoms with Crippen LogP contribution in [0, 0.1) is 10.8 Å². The Hall–Kier alpha value is -1.32. The molecule has 0 fully saturated rings. The van der Waals surface area contributed by atoms with Crippen LogP contribution < -0.4 is 0 Å². The minimum absolute atomic E-state index is 0.146. The van der Waals surface area contributed by atoms with Crippen LogP contribution in [-0.2, 0) is 9.59 Å². The summed E-state index contributed by atoms with van der Waals surface area (Å²) in [7, 11) is 0. The van der Waals surface area contributed by atoms with Gasteiger partial charge in [-0.3, -0.25) is 9.59 Å². The predicted octanol–water partition coefficient (Wildman–Crippen LogP) is -0.186. The highest BCUT2D eigenvalue weighted by atomic mass is 16.2. The van der Waals surface area contributed by atoms with Gasteiger partial charge < -0.3 is 10.8 Å². The Labute approximate surface area is 51.9 Å². The van der Waals surface area contributed by atoms with Crippen molar-refractivity contribution in [2.75, 3.05) is 0 Å². The largest absolute Gasteiger partial charge is 0.307 e. The Kier molecular flexibility index (Phi) is 3.12. The number of hydrogen-bond acceptors (Lipinski definition) is 4. The molecule has 0 spiro atoms. The lowest BCUT2D eigenvalue weighted by Gasteiger charge is -1.85. The maximum atomic E-state index is 10.2. The highest BCUT2D eigenvalue weighted by Gasteiger charge is 2.00. The van der Waals surface area contributed by atoms with Gasteiger partial charge in [-0.1, -0.05) is 0 Å². The van der Waals surface area contributed by atoms with E-state index in [4.69, 9.17) is 10.8 Å². The lowest BCUT2D eigenvalue weighted by Crippen LogP contribution is -2.07. The molecule has 0 saturated carbocycles. The SMILES string of the molecule is N=CC(=N)CC(=O)C=O. The second-order valence-corrected chi connectivity index (χ2v) is 1.43. The van der Waals surface area contributed by atoms with Crippen molar-refractivity contribution in [3.63, 3.8) is 0 Å². The molecule has 0 atom stereocenters. The van der Waals surface area contributed by atoms with E-state index in [0.29, 0.717) is 0 Å². The van der Waals surface area contributed by atoms with Gasteiger partial charge in [-0.15, -0.1) is 0 Å². The maximum Gasteiger partial charge on any atom is 0.201 e. The van der Waals surface area contributed by atoms with E-state index in [9.17, 15) is 9.59 Å². The molecule has 0 saturated heterocycles. The van der Waals surface area contributed by atoms with Crippen molar-refractivity contribution < 1.29 is 9.59 Å². The number of aldehydes is 1. The number of rotatable bonds is 4. The molecule has 0 radical (unpaired) electrons. The van der Waals surface area contributed by atoms with Gasteiger partial charge in [0.25, 0.3) is 0 Å². The van der Waals surface area contributed by atoms with Crippen molar-refractivity contribution in [3.8, 4) is 0 Å². The van der Waals surface area contributed by atoms with Gasteiger partial charge in [-0.05, 0) is 0 Å². The minimum atomic E-state index is -0.663. The Morgan fingerprint density at radius 2 is 2.11 bits per heavy atom. The summed E-state index contributed by atoms with van der Waals surface area (Å²) in [6.45, 7) is 0. The molecule has 4 heteroatoms. The summed E-state index contributed by atoms with van der Waals surface area (Å²) in [5.74, 6) is -0.663. The minimum Gasteiger partial charge on any atom is -0.307 e. The van der Waals surface area contributed by atoms with E-state index in [-0.39, 0.29) is 18.4 Å². The summed E-state index contributed by atoms with van der Waals surface area (Å²) in [5.41, 5.74) is -0.146. The molecule has 0 aliphatic rings. The number of carbonyl (C=O) groups excluding carboxylic acids is 2. The van der Waals surface area contributed by atoms with Crippen LogP contribution in [0.5, 0.6) is 0 Å². The van der Waals surface area contributed by atoms with Gasteiger partial charge in [-0.25, -0.2) is 0 Å². The van der Waals surface area contributed by atoms with E-state index in [1.54, 1.807) is 0 Å². The van der Waals surface area contributed by atoms with Gasteiger partial charge in [-0.2, -0.15) is 0 Å². The van der Waals surface area contributed by atoms with E-state index in [1.807, 2.05) is 0 Å². The van der Waals surface area contributed by atoms with Crippen LogP contribution in [0.15, 0.2) is 0 Å². The Balaban J connectivity index is 3.73. The van der Waals surface area contributed by atoms with Crippen molar-refractivity contribution in [1.82, 2.24) is 0 Å². The highest BCUT2D eigenvalue weighted by molar-refractivity contribution is 6.39. The molecule has 2 N–H and O–H groups in total. The second kappa shape index (κ2) is 3.65. The van der Waals surface area contributed by atoms with E-state index in [1.165, 1.54) is 0 Å². The monoisotopic (exact) mass is 126 g/mol. The van der Waals surface area contributed by atoms with Gasteiger partial charge in [0.05, 0.1) is 12.1 Å². The number of Topliss-reactive ketones (excluding diaryl/α,β-unsaturated/α-hetero) is 1. The summed E-state index contributed by atoms with van der Waals surface area (Å²) < 4.78 is 0. The molecule has 0 unspecified atom stereocenters. The summed E-state index contributed by atoms with van der Waals surface area (Å²) in [4.78, 5) is 19.8. The Morgan fingerprint density at radius 3 is 2.44 bits per heavy atom. The van der Waals surface area contributed by atoms with Crippen LogP contribution in [0.3, 0.4) is 0 Å². The van der Waals surface area contributed by atoms with Gasteiger partial charge in [0.2, 0.25) is 5.78 Å². The highest BCUT2D eigenvalue weighted by Crippen LogP contribution is 1.79. The van der Waals surface area contributed by atoms with Crippen LogP contribution in [0.1, 0.15) is 6.42 Å². The number of ketones is 1. The van der Waals surface area contributed by atoms with E-state index < -0.39 is 5.78 Å². The zero-order valence-corrected chi connectivity index (χ0v) is 4.68. The number of nitrogens with one attached hydrogen (secondary N) is 2. The maximum absolute atomic E-state index is 10.2. The number of hydrogen-bond donors (Lipinski definition) is 2. The molecule has 48 valence electrons. The second-order valence-electron chi connectivity index (χ2n) is 1.43. The first-order valence-electron chi connectivity index (χ1n) is 2.26. The molecule has 0 rings (SSSR count). The van der Waals surface area contributed by atoms with E-state index >= 15 is 0 Å². The van der Waals surface area contributed by atoms with Crippen molar-refractivity contribution in [2.45, 2.75) is 6.42 Å². The third-order valence-electron chi connectivity index (χ3n) is 0.670. The van der Waals surface area contributed by atoms with Crippen molar-refractivity contribution in [2.24, 2.45) is 0 Å². The Morgan fingerprint density at radius 1 is 1.56 bits per heavy atom. The average Bonchev–Trinajstić information content (AvgIpc) is 1.87. The van der Waals surface area contributed by atoms with Gasteiger partial charge in [0.15, 0.2) is 6.29 Å². The van der Waals surface area contributed by atoms with Gasteiger partial charge in [0, 0.05) is 6.21 Å². The zero-order valence-electron chi connectivity index (χ0n) is 4.68. The molecule has 0 amide bonds. The molecule has 4 nitrogen and oxygen atoms in total. The first kappa shape index (κ1) is 7.68. The van der Waals surface area contributed by atoms with Crippen LogP contribution in [0.4, 0.5) is 0 Å². The van der Waals surface area contributed by atoms with Crippen molar-refractivity contribution in [3.05, 3.63) is 0 Å². The molecule has 0 bridgehead atoms. The molecule has 9 heavy (non-hydrogen) atoms. The summed E-state index contributed by atoms with van der Waals surface area (Å²) in [5, 5.41) is 13.2. The Bertz CT molecular complexity index is 144. The lowest BCUT2D eigenvalue weighted by molar-refractivity contribution is -0.129. The smallest absolute Gasteiger partial charge is 0.201 e. The van der Waals surface area contributed by atoms with Crippen LogP contribution in [0.2, 0.25) is 0 Å². The fourth-order valence-corrected chi connectivity index (χ4v) is 0.280. The normalized spacial score (nSPS) is 8.00. The van der Waals surface area contributed by atoms with E-state index in [0.717, 1.165) is 6.21 Å². The zero-order chi connectivity index (χ0) is 7.28. The molecule has 0 aromatic carbocycles. The van der Waals surface area contributed by atoms with E-state index in [2.05, 4.69) is 0 Å². The third kappa shape index (κ3) is 3.28. The molecule has 0 aliphatic carbocycles. The van der Waals surface area contributed by atoms with Crippen LogP contribution >= 0.6 is 0 Å². The predicted molar refractivity (Wildman–Crippen MR) is 32.2 cm³/mol. The average molecular weight is 126 g/mol. The quantitative estimate of drug-likeness (QED) is 0.311. The van der Waals surface area contributed by atoms with Gasteiger partial charge >= 0.3 is 0 Å². The van der Waals surface area contributed by atoms with Crippen LogP contribution in [0.25, 0.3) is 0 Å². The molecule has 0 aliphatic heterocycles. The number of carbonyl (C=O) groups is 2. The third-order valence-corrected chi connectivity index (χ3v) is 0.670. The van der Waals surface area contributed by atoms with Crippen LogP contribution in [-0.4, -0.2) is 24.0 Å². The fraction of sp³-hybridized carbons (Fsp3) is 0.200. The molecule has 0 aromatic heterocycles. The van der Waals surface area contributed by atoms with Crippen molar-refractivity contribution >= 4 is 24.0 Å². The fourth-order valence-electron chi connectivity index (χ4n) is 0.280. The molecule has 0 aromatic rings. The summed E-state index contributed by atoms with van der Waals surface area (Å²) in [6, 6.07) is 0. The molecular formula is C5H6N2O2.